The van der Waals surface area contributed by atoms with E-state index >= 15 is 0 Å². The second-order valence-corrected chi connectivity index (χ2v) is 3.82. The Morgan fingerprint density at radius 3 is 2.67 bits per heavy atom. The molecule has 0 radical (unpaired) electrons. The Balaban J connectivity index is 1.62. The third-order valence-corrected chi connectivity index (χ3v) is 2.68. The highest BCUT2D eigenvalue weighted by molar-refractivity contribution is 4.84. The van der Waals surface area contributed by atoms with Crippen molar-refractivity contribution in [2.45, 2.75) is 19.4 Å². The van der Waals surface area contributed by atoms with Crippen LogP contribution in [0.15, 0.2) is 0 Å². The molecule has 0 bridgehead atoms. The third-order valence-electron chi connectivity index (χ3n) is 2.68. The molecule has 1 atom stereocenters. The molecular weight excluding hydrogens is 156 g/mol. The van der Waals surface area contributed by atoms with Gasteiger partial charge in [-0.15, -0.1) is 0 Å². The van der Waals surface area contributed by atoms with Gasteiger partial charge in [0.1, 0.15) is 6.10 Å². The molecule has 2 saturated heterocycles. The fraction of sp³-hybridized carbons (Fsp3) is 1.00. The van der Waals surface area contributed by atoms with Crippen LogP contribution in [0.2, 0.25) is 0 Å². The predicted molar refractivity (Wildman–Crippen MR) is 44.1 cm³/mol. The van der Waals surface area contributed by atoms with Crippen molar-refractivity contribution in [2.75, 3.05) is 33.0 Å². The van der Waals surface area contributed by atoms with Crippen molar-refractivity contribution in [3.8, 4) is 0 Å². The molecule has 3 nitrogen and oxygen atoms in total. The van der Waals surface area contributed by atoms with E-state index in [9.17, 15) is 0 Å². The maximum atomic E-state index is 5.55. The summed E-state index contributed by atoms with van der Waals surface area (Å²) < 4.78 is 15.8. The Morgan fingerprint density at radius 1 is 1.50 bits per heavy atom. The van der Waals surface area contributed by atoms with Gasteiger partial charge in [0.25, 0.3) is 0 Å². The van der Waals surface area contributed by atoms with Crippen molar-refractivity contribution in [2.24, 2.45) is 5.41 Å². The van der Waals surface area contributed by atoms with Gasteiger partial charge in [-0.3, -0.25) is 0 Å². The molecule has 70 valence electrons. The zero-order valence-electron chi connectivity index (χ0n) is 7.54. The molecule has 2 rings (SSSR count). The number of rotatable bonds is 5. The number of ether oxygens (including phenoxy) is 3. The maximum absolute atomic E-state index is 5.55. The van der Waals surface area contributed by atoms with E-state index in [-0.39, 0.29) is 0 Å². The van der Waals surface area contributed by atoms with Crippen LogP contribution in [0.1, 0.15) is 13.3 Å². The van der Waals surface area contributed by atoms with Gasteiger partial charge in [-0.05, 0) is 6.42 Å². The van der Waals surface area contributed by atoms with Gasteiger partial charge >= 0.3 is 0 Å². The smallest absolute Gasteiger partial charge is 0.104 e. The van der Waals surface area contributed by atoms with Gasteiger partial charge in [-0.2, -0.15) is 0 Å². The molecule has 0 amide bonds. The van der Waals surface area contributed by atoms with E-state index in [0.717, 1.165) is 39.5 Å². The van der Waals surface area contributed by atoms with Crippen LogP contribution in [0.3, 0.4) is 0 Å². The van der Waals surface area contributed by atoms with Crippen molar-refractivity contribution >= 4 is 0 Å². The lowest BCUT2D eigenvalue weighted by Crippen LogP contribution is -2.45. The molecule has 2 aliphatic rings. The molecule has 0 aromatic rings. The van der Waals surface area contributed by atoms with Gasteiger partial charge in [-0.25, -0.2) is 0 Å². The summed E-state index contributed by atoms with van der Waals surface area (Å²) in [6.07, 6.45) is 1.54. The van der Waals surface area contributed by atoms with Crippen LogP contribution in [0.5, 0.6) is 0 Å². The molecular formula is C9H16O3. The molecule has 0 aromatic carbocycles. The molecule has 0 spiro atoms. The highest BCUT2D eigenvalue weighted by Crippen LogP contribution is 2.31. The zero-order chi connectivity index (χ0) is 8.44. The minimum atomic E-state index is 0.328. The highest BCUT2D eigenvalue weighted by atomic mass is 16.6. The lowest BCUT2D eigenvalue weighted by Gasteiger charge is -2.40. The molecule has 0 saturated carbocycles. The Bertz CT molecular complexity index is 144. The van der Waals surface area contributed by atoms with Crippen LogP contribution >= 0.6 is 0 Å². The van der Waals surface area contributed by atoms with E-state index in [1.54, 1.807) is 0 Å². The molecule has 1 unspecified atom stereocenters. The van der Waals surface area contributed by atoms with Gasteiger partial charge in [0.2, 0.25) is 0 Å². The van der Waals surface area contributed by atoms with Crippen LogP contribution < -0.4 is 0 Å². The minimum Gasteiger partial charge on any atom is -0.380 e. The Morgan fingerprint density at radius 2 is 2.25 bits per heavy atom. The summed E-state index contributed by atoms with van der Waals surface area (Å²) in [5, 5.41) is 0. The average Bonchev–Trinajstić information content (AvgIpc) is 2.78. The molecule has 0 N–H and O–H groups in total. The third kappa shape index (κ3) is 1.79. The van der Waals surface area contributed by atoms with Crippen molar-refractivity contribution in [3.05, 3.63) is 0 Å². The molecule has 0 aliphatic carbocycles. The second-order valence-electron chi connectivity index (χ2n) is 3.82. The molecule has 12 heavy (non-hydrogen) atoms. The van der Waals surface area contributed by atoms with Crippen molar-refractivity contribution in [3.63, 3.8) is 0 Å². The first-order valence-electron chi connectivity index (χ1n) is 4.62. The van der Waals surface area contributed by atoms with Gasteiger partial charge < -0.3 is 14.2 Å². The van der Waals surface area contributed by atoms with Crippen LogP contribution in [0.4, 0.5) is 0 Å². The normalized spacial score (nSPS) is 31.2. The first-order chi connectivity index (χ1) is 5.85. The van der Waals surface area contributed by atoms with Crippen molar-refractivity contribution in [1.29, 1.82) is 0 Å². The topological polar surface area (TPSA) is 31.0 Å². The van der Waals surface area contributed by atoms with E-state index < -0.39 is 0 Å². The molecule has 0 aromatic heterocycles. The Labute approximate surface area is 73.0 Å². The maximum Gasteiger partial charge on any atom is 0.104 e. The fourth-order valence-corrected chi connectivity index (χ4v) is 1.35. The fourth-order valence-electron chi connectivity index (χ4n) is 1.35. The standard InChI is InChI=1S/C9H16O3/c1-2-9(6-11-7-9)5-10-3-8-4-12-8/h8H,2-7H2,1H3. The summed E-state index contributed by atoms with van der Waals surface area (Å²) >= 11 is 0. The average molecular weight is 172 g/mol. The second kappa shape index (κ2) is 3.32. The molecule has 2 aliphatic heterocycles. The van der Waals surface area contributed by atoms with E-state index in [1.807, 2.05) is 0 Å². The molecule has 2 fully saturated rings. The Kier molecular flexibility index (Phi) is 2.35. The van der Waals surface area contributed by atoms with E-state index in [0.29, 0.717) is 11.5 Å². The van der Waals surface area contributed by atoms with E-state index in [2.05, 4.69) is 6.92 Å². The summed E-state index contributed by atoms with van der Waals surface area (Å²) in [5.41, 5.74) is 0.328. The van der Waals surface area contributed by atoms with E-state index in [4.69, 9.17) is 14.2 Å². The van der Waals surface area contributed by atoms with Crippen LogP contribution in [-0.2, 0) is 14.2 Å². The number of hydrogen-bond acceptors (Lipinski definition) is 3. The highest BCUT2D eigenvalue weighted by Gasteiger charge is 2.37. The van der Waals surface area contributed by atoms with Gasteiger partial charge in [0.15, 0.2) is 0 Å². The quantitative estimate of drug-likeness (QED) is 0.575. The number of hydrogen-bond donors (Lipinski definition) is 0. The van der Waals surface area contributed by atoms with Gasteiger partial charge in [0, 0.05) is 5.41 Å². The first-order valence-corrected chi connectivity index (χ1v) is 4.62. The SMILES string of the molecule is CCC1(COCC2CO2)COC1. The van der Waals surface area contributed by atoms with Crippen LogP contribution in [0, 0.1) is 5.41 Å². The van der Waals surface area contributed by atoms with Crippen LogP contribution in [-0.4, -0.2) is 39.1 Å². The zero-order valence-corrected chi connectivity index (χ0v) is 7.54. The van der Waals surface area contributed by atoms with Crippen LogP contribution in [0.25, 0.3) is 0 Å². The first kappa shape index (κ1) is 8.48. The van der Waals surface area contributed by atoms with Crippen molar-refractivity contribution in [1.82, 2.24) is 0 Å². The largest absolute Gasteiger partial charge is 0.380 e. The molecule has 2 heterocycles. The number of epoxide rings is 1. The lowest BCUT2D eigenvalue weighted by molar-refractivity contribution is -0.150. The summed E-state index contributed by atoms with van der Waals surface area (Å²) in [7, 11) is 0. The molecule has 3 heteroatoms. The van der Waals surface area contributed by atoms with E-state index in [1.165, 1.54) is 0 Å². The lowest BCUT2D eigenvalue weighted by atomic mass is 9.84. The van der Waals surface area contributed by atoms with Crippen molar-refractivity contribution < 1.29 is 14.2 Å². The monoisotopic (exact) mass is 172 g/mol. The summed E-state index contributed by atoms with van der Waals surface area (Å²) in [6.45, 7) is 6.42. The minimum absolute atomic E-state index is 0.328. The predicted octanol–water partition coefficient (Wildman–Crippen LogP) is 0.828. The van der Waals surface area contributed by atoms with Gasteiger partial charge in [0.05, 0.1) is 33.0 Å². The Hall–Kier alpha value is -0.120. The summed E-state index contributed by atoms with van der Waals surface area (Å²) in [5.74, 6) is 0. The van der Waals surface area contributed by atoms with Gasteiger partial charge in [-0.1, -0.05) is 6.92 Å². The summed E-state index contributed by atoms with van der Waals surface area (Å²) in [4.78, 5) is 0. The summed E-state index contributed by atoms with van der Waals surface area (Å²) in [6, 6.07) is 0.